The van der Waals surface area contributed by atoms with E-state index >= 15 is 0 Å². The van der Waals surface area contributed by atoms with E-state index in [1.807, 2.05) is 6.92 Å². The van der Waals surface area contributed by atoms with Gasteiger partial charge in [0, 0.05) is 9.50 Å². The molecule has 0 spiro atoms. The normalized spacial score (nSPS) is 10.4. The summed E-state index contributed by atoms with van der Waals surface area (Å²) >= 11 is 9.11. The van der Waals surface area contributed by atoms with Gasteiger partial charge in [0.05, 0.1) is 17.7 Å². The molecule has 0 atom stereocenters. The number of benzene rings is 2. The maximum absolute atomic E-state index is 13.8. The first kappa shape index (κ1) is 15.0. The van der Waals surface area contributed by atoms with E-state index in [0.717, 1.165) is 0 Å². The molecule has 0 saturated carbocycles. The molecule has 0 amide bonds. The molecule has 0 saturated heterocycles. The van der Waals surface area contributed by atoms with Crippen molar-refractivity contribution < 1.29 is 13.9 Å². The molecule has 2 aromatic carbocycles. The maximum atomic E-state index is 13.8. The van der Waals surface area contributed by atoms with E-state index in [9.17, 15) is 9.18 Å². The molecular weight excluding hydrogens is 347 g/mol. The summed E-state index contributed by atoms with van der Waals surface area (Å²) in [4.78, 5) is 12.5. The van der Waals surface area contributed by atoms with Crippen molar-refractivity contribution in [2.45, 2.75) is 6.92 Å². The zero-order chi connectivity index (χ0) is 14.7. The van der Waals surface area contributed by atoms with Crippen molar-refractivity contribution in [2.24, 2.45) is 0 Å². The lowest BCUT2D eigenvalue weighted by Gasteiger charge is -2.10. The van der Waals surface area contributed by atoms with Crippen LogP contribution in [0.5, 0.6) is 5.75 Å². The van der Waals surface area contributed by atoms with Gasteiger partial charge < -0.3 is 4.74 Å². The minimum Gasteiger partial charge on any atom is -0.493 e. The molecule has 20 heavy (non-hydrogen) atoms. The van der Waals surface area contributed by atoms with Crippen molar-refractivity contribution >= 4 is 33.3 Å². The number of hydrogen-bond acceptors (Lipinski definition) is 2. The van der Waals surface area contributed by atoms with Crippen molar-refractivity contribution in [3.05, 3.63) is 62.8 Å². The van der Waals surface area contributed by atoms with Gasteiger partial charge in [-0.05, 0) is 43.3 Å². The summed E-state index contributed by atoms with van der Waals surface area (Å²) in [6.07, 6.45) is 0. The number of hydrogen-bond donors (Lipinski definition) is 0. The third kappa shape index (κ3) is 3.19. The summed E-state index contributed by atoms with van der Waals surface area (Å²) < 4.78 is 19.9. The molecule has 0 fully saturated rings. The SMILES string of the molecule is CCOc1ccc(Br)cc1C(=O)c1cc(Cl)ccc1F. The molecule has 0 aromatic heterocycles. The molecule has 2 rings (SSSR count). The first-order chi connectivity index (χ1) is 9.52. The third-order valence-corrected chi connectivity index (χ3v) is 3.39. The predicted molar refractivity (Wildman–Crippen MR) is 80.2 cm³/mol. The lowest BCUT2D eigenvalue weighted by molar-refractivity contribution is 0.103. The van der Waals surface area contributed by atoms with Gasteiger partial charge in [-0.2, -0.15) is 0 Å². The molecule has 0 radical (unpaired) electrons. The minimum atomic E-state index is -0.609. The van der Waals surface area contributed by atoms with Crippen LogP contribution in [-0.2, 0) is 0 Å². The molecule has 0 heterocycles. The molecule has 0 aliphatic carbocycles. The average molecular weight is 358 g/mol. The molecule has 0 aliphatic heterocycles. The highest BCUT2D eigenvalue weighted by Crippen LogP contribution is 2.27. The zero-order valence-electron chi connectivity index (χ0n) is 10.6. The smallest absolute Gasteiger partial charge is 0.199 e. The Labute approximate surface area is 129 Å². The van der Waals surface area contributed by atoms with Gasteiger partial charge in [0.2, 0.25) is 0 Å². The number of halogens is 3. The Hall–Kier alpha value is -1.39. The monoisotopic (exact) mass is 356 g/mol. The summed E-state index contributed by atoms with van der Waals surface area (Å²) in [6.45, 7) is 2.23. The maximum Gasteiger partial charge on any atom is 0.199 e. The fourth-order valence-corrected chi connectivity index (χ4v) is 2.31. The van der Waals surface area contributed by atoms with E-state index in [1.165, 1.54) is 18.2 Å². The van der Waals surface area contributed by atoms with Crippen LogP contribution in [0.25, 0.3) is 0 Å². The van der Waals surface area contributed by atoms with Crippen LogP contribution in [0.15, 0.2) is 40.9 Å². The van der Waals surface area contributed by atoms with Gasteiger partial charge in [-0.1, -0.05) is 27.5 Å². The molecule has 5 heteroatoms. The Kier molecular flexibility index (Phi) is 4.78. The Morgan fingerprint density at radius 1 is 1.25 bits per heavy atom. The molecule has 0 aliphatic rings. The van der Waals surface area contributed by atoms with Crippen LogP contribution in [0.2, 0.25) is 5.02 Å². The Morgan fingerprint density at radius 3 is 2.70 bits per heavy atom. The van der Waals surface area contributed by atoms with Gasteiger partial charge in [0.15, 0.2) is 5.78 Å². The molecule has 2 aromatic rings. The van der Waals surface area contributed by atoms with E-state index in [4.69, 9.17) is 16.3 Å². The van der Waals surface area contributed by atoms with Crippen LogP contribution in [-0.4, -0.2) is 12.4 Å². The van der Waals surface area contributed by atoms with Crippen LogP contribution in [0.3, 0.4) is 0 Å². The number of carbonyl (C=O) groups excluding carboxylic acids is 1. The van der Waals surface area contributed by atoms with Gasteiger partial charge in [-0.15, -0.1) is 0 Å². The minimum absolute atomic E-state index is 0.0726. The molecule has 104 valence electrons. The van der Waals surface area contributed by atoms with Gasteiger partial charge in [0.25, 0.3) is 0 Å². The summed E-state index contributed by atoms with van der Waals surface area (Å²) in [6, 6.07) is 8.93. The fraction of sp³-hybridized carbons (Fsp3) is 0.133. The number of carbonyl (C=O) groups is 1. The zero-order valence-corrected chi connectivity index (χ0v) is 13.0. The lowest BCUT2D eigenvalue weighted by atomic mass is 10.0. The van der Waals surface area contributed by atoms with Crippen LogP contribution >= 0.6 is 27.5 Å². The van der Waals surface area contributed by atoms with Crippen molar-refractivity contribution in [1.82, 2.24) is 0 Å². The van der Waals surface area contributed by atoms with Crippen LogP contribution in [0.4, 0.5) is 4.39 Å². The summed E-state index contributed by atoms with van der Waals surface area (Å²) in [5.41, 5.74) is 0.221. The highest BCUT2D eigenvalue weighted by atomic mass is 79.9. The predicted octanol–water partition coefficient (Wildman–Crippen LogP) is 4.87. The fourth-order valence-electron chi connectivity index (χ4n) is 1.78. The van der Waals surface area contributed by atoms with Gasteiger partial charge in [-0.3, -0.25) is 4.79 Å². The number of ether oxygens (including phenoxy) is 1. The third-order valence-electron chi connectivity index (χ3n) is 2.66. The Morgan fingerprint density at radius 2 is 2.00 bits per heavy atom. The van der Waals surface area contributed by atoms with Crippen molar-refractivity contribution in [3.63, 3.8) is 0 Å². The summed E-state index contributed by atoms with van der Waals surface area (Å²) in [7, 11) is 0. The van der Waals surface area contributed by atoms with Crippen molar-refractivity contribution in [3.8, 4) is 5.75 Å². The Bertz CT molecular complexity index is 658. The quantitative estimate of drug-likeness (QED) is 0.730. The second kappa shape index (κ2) is 6.37. The first-order valence-electron chi connectivity index (χ1n) is 5.95. The van der Waals surface area contributed by atoms with Crippen molar-refractivity contribution in [2.75, 3.05) is 6.61 Å². The second-order valence-corrected chi connectivity index (χ2v) is 5.38. The van der Waals surface area contributed by atoms with E-state index in [2.05, 4.69) is 15.9 Å². The van der Waals surface area contributed by atoms with Gasteiger partial charge >= 0.3 is 0 Å². The molecule has 0 N–H and O–H groups in total. The van der Waals surface area contributed by atoms with E-state index in [-0.39, 0.29) is 5.56 Å². The molecule has 2 nitrogen and oxygen atoms in total. The average Bonchev–Trinajstić information content (AvgIpc) is 2.43. The van der Waals surface area contributed by atoms with Crippen molar-refractivity contribution in [1.29, 1.82) is 0 Å². The molecular formula is C15H11BrClFO2. The highest BCUT2D eigenvalue weighted by molar-refractivity contribution is 9.10. The highest BCUT2D eigenvalue weighted by Gasteiger charge is 2.19. The van der Waals surface area contributed by atoms with E-state index < -0.39 is 11.6 Å². The van der Waals surface area contributed by atoms with Crippen LogP contribution < -0.4 is 4.74 Å². The van der Waals surface area contributed by atoms with Gasteiger partial charge in [0.1, 0.15) is 11.6 Å². The first-order valence-corrected chi connectivity index (χ1v) is 7.12. The Balaban J connectivity index is 2.52. The number of rotatable bonds is 4. The van der Waals surface area contributed by atoms with Crippen LogP contribution in [0, 0.1) is 5.82 Å². The lowest BCUT2D eigenvalue weighted by Crippen LogP contribution is -2.07. The largest absolute Gasteiger partial charge is 0.493 e. The summed E-state index contributed by atoms with van der Waals surface area (Å²) in [5, 5.41) is 0.308. The molecule has 0 unspecified atom stereocenters. The van der Waals surface area contributed by atoms with Crippen LogP contribution in [0.1, 0.15) is 22.8 Å². The standard InChI is InChI=1S/C15H11BrClFO2/c1-2-20-14-6-3-9(16)7-12(14)15(19)11-8-10(17)4-5-13(11)18/h3-8H,2H2,1H3. The second-order valence-electron chi connectivity index (χ2n) is 4.03. The topological polar surface area (TPSA) is 26.3 Å². The summed E-state index contributed by atoms with van der Waals surface area (Å²) in [5.74, 6) is -0.656. The number of ketones is 1. The molecule has 0 bridgehead atoms. The van der Waals surface area contributed by atoms with E-state index in [0.29, 0.717) is 27.4 Å². The van der Waals surface area contributed by atoms with Gasteiger partial charge in [-0.25, -0.2) is 4.39 Å². The van der Waals surface area contributed by atoms with E-state index in [1.54, 1.807) is 18.2 Å².